The van der Waals surface area contributed by atoms with Crippen LogP contribution in [-0.2, 0) is 4.79 Å². The number of carbonyl (C=O) groups is 1. The Morgan fingerprint density at radius 2 is 2.24 bits per heavy atom. The first kappa shape index (κ1) is 19.9. The van der Waals surface area contributed by atoms with E-state index in [1.165, 1.54) is 30.7 Å². The molecule has 1 aliphatic heterocycles. The van der Waals surface area contributed by atoms with Crippen LogP contribution >= 0.6 is 21.6 Å². The number of benzene rings is 1. The van der Waals surface area contributed by atoms with Gasteiger partial charge in [-0.1, -0.05) is 34.1 Å². The van der Waals surface area contributed by atoms with Gasteiger partial charge in [-0.25, -0.2) is 0 Å². The molecule has 138 valence electrons. The van der Waals surface area contributed by atoms with Crippen LogP contribution in [0.4, 0.5) is 5.69 Å². The Bertz CT molecular complexity index is 565. The minimum atomic E-state index is -0.447. The maximum absolute atomic E-state index is 11.8. The van der Waals surface area contributed by atoms with Crippen LogP contribution in [0.5, 0.6) is 5.75 Å². The molecule has 0 saturated carbocycles. The van der Waals surface area contributed by atoms with Crippen molar-refractivity contribution in [2.24, 2.45) is 0 Å². The van der Waals surface area contributed by atoms with Crippen LogP contribution in [0.15, 0.2) is 24.3 Å². The van der Waals surface area contributed by atoms with Gasteiger partial charge in [0.15, 0.2) is 0 Å². The molecule has 1 aliphatic rings. The third kappa shape index (κ3) is 8.00. The summed E-state index contributed by atoms with van der Waals surface area (Å²) in [6, 6.07) is 6.11. The summed E-state index contributed by atoms with van der Waals surface area (Å²) in [5.74, 6) is 1.82. The lowest BCUT2D eigenvalue weighted by Gasteiger charge is -2.08. The normalized spacial score (nSPS) is 16.6. The fourth-order valence-electron chi connectivity index (χ4n) is 2.49. The molecule has 0 aromatic heterocycles. The van der Waals surface area contributed by atoms with E-state index in [0.717, 1.165) is 18.1 Å². The molecule has 0 bridgehead atoms. The highest BCUT2D eigenvalue weighted by Gasteiger charge is 2.15. The second-order valence-electron chi connectivity index (χ2n) is 5.88. The Kier molecular flexibility index (Phi) is 8.96. The SMILES string of the molecule is O=C(CCCCC1CCSS1)NCCCOc1cccc([N+](=O)[O-])c1. The topological polar surface area (TPSA) is 81.5 Å². The highest BCUT2D eigenvalue weighted by Crippen LogP contribution is 2.39. The van der Waals surface area contributed by atoms with Crippen LogP contribution in [0, 0.1) is 10.1 Å². The first-order chi connectivity index (χ1) is 12.1. The van der Waals surface area contributed by atoms with Crippen molar-refractivity contribution < 1.29 is 14.5 Å². The first-order valence-electron chi connectivity index (χ1n) is 8.57. The molecule has 0 spiro atoms. The lowest BCUT2D eigenvalue weighted by molar-refractivity contribution is -0.384. The van der Waals surface area contributed by atoms with Crippen molar-refractivity contribution in [3.05, 3.63) is 34.4 Å². The maximum Gasteiger partial charge on any atom is 0.273 e. The van der Waals surface area contributed by atoms with Crippen molar-refractivity contribution in [1.82, 2.24) is 5.32 Å². The quantitative estimate of drug-likeness (QED) is 0.267. The first-order valence-corrected chi connectivity index (χ1v) is 11.0. The van der Waals surface area contributed by atoms with Crippen molar-refractivity contribution in [2.45, 2.75) is 43.8 Å². The third-order valence-corrected chi connectivity index (χ3v) is 6.85. The van der Waals surface area contributed by atoms with Gasteiger partial charge in [-0.3, -0.25) is 14.9 Å². The molecule has 1 fully saturated rings. The van der Waals surface area contributed by atoms with Crippen LogP contribution in [0.25, 0.3) is 0 Å². The minimum absolute atomic E-state index is 0.0143. The molecular formula is C17H24N2O4S2. The number of unbranched alkanes of at least 4 members (excludes halogenated alkanes) is 1. The Balaban J connectivity index is 1.48. The van der Waals surface area contributed by atoms with Crippen LogP contribution in [0.2, 0.25) is 0 Å². The van der Waals surface area contributed by atoms with E-state index in [0.29, 0.717) is 31.7 Å². The number of hydrogen-bond acceptors (Lipinski definition) is 6. The van der Waals surface area contributed by atoms with E-state index in [-0.39, 0.29) is 11.6 Å². The summed E-state index contributed by atoms with van der Waals surface area (Å²) in [6.07, 6.45) is 5.81. The zero-order valence-corrected chi connectivity index (χ0v) is 15.8. The van der Waals surface area contributed by atoms with Gasteiger partial charge < -0.3 is 10.1 Å². The average Bonchev–Trinajstić information content (AvgIpc) is 3.12. The lowest BCUT2D eigenvalue weighted by atomic mass is 10.1. The van der Waals surface area contributed by atoms with Crippen molar-refractivity contribution in [3.63, 3.8) is 0 Å². The number of carbonyl (C=O) groups excluding carboxylic acids is 1. The number of nitro benzene ring substituents is 1. The summed E-state index contributed by atoms with van der Waals surface area (Å²) >= 11 is 0. The highest BCUT2D eigenvalue weighted by atomic mass is 33.1. The summed E-state index contributed by atoms with van der Waals surface area (Å²) in [5.41, 5.74) is 0.0143. The zero-order chi connectivity index (χ0) is 17.9. The summed E-state index contributed by atoms with van der Waals surface area (Å²) < 4.78 is 5.47. The van der Waals surface area contributed by atoms with Gasteiger partial charge >= 0.3 is 0 Å². The second kappa shape index (κ2) is 11.3. The smallest absolute Gasteiger partial charge is 0.273 e. The number of non-ortho nitro benzene ring substituents is 1. The molecule has 6 nitrogen and oxygen atoms in total. The average molecular weight is 385 g/mol. The second-order valence-corrected chi connectivity index (χ2v) is 8.67. The van der Waals surface area contributed by atoms with Crippen LogP contribution in [0.1, 0.15) is 38.5 Å². The molecule has 1 N–H and O–H groups in total. The maximum atomic E-state index is 11.8. The number of nitrogens with one attached hydrogen (secondary N) is 1. The molecule has 1 aromatic carbocycles. The van der Waals surface area contributed by atoms with Crippen molar-refractivity contribution in [2.75, 3.05) is 18.9 Å². The molecule has 1 atom stereocenters. The van der Waals surface area contributed by atoms with Gasteiger partial charge in [0.2, 0.25) is 5.91 Å². The van der Waals surface area contributed by atoms with Gasteiger partial charge in [0.25, 0.3) is 5.69 Å². The highest BCUT2D eigenvalue weighted by molar-refractivity contribution is 8.77. The van der Waals surface area contributed by atoms with Crippen molar-refractivity contribution in [3.8, 4) is 5.75 Å². The number of amides is 1. The van der Waals surface area contributed by atoms with Gasteiger partial charge in [-0.15, -0.1) is 0 Å². The van der Waals surface area contributed by atoms with E-state index in [2.05, 4.69) is 5.32 Å². The van der Waals surface area contributed by atoms with E-state index in [1.807, 2.05) is 21.6 Å². The van der Waals surface area contributed by atoms with Crippen molar-refractivity contribution in [1.29, 1.82) is 0 Å². The summed E-state index contributed by atoms with van der Waals surface area (Å²) in [4.78, 5) is 22.0. The van der Waals surface area contributed by atoms with Gasteiger partial charge in [0.05, 0.1) is 17.6 Å². The standard InChI is InChI=1S/C17H24N2O4S2/c20-17(8-2-1-7-16-9-12-24-25-16)18-10-4-11-23-15-6-3-5-14(13-15)19(21)22/h3,5-6,13,16H,1-2,4,7-12H2,(H,18,20). The van der Waals surface area contributed by atoms with Gasteiger partial charge in [0, 0.05) is 30.0 Å². The Morgan fingerprint density at radius 3 is 3.00 bits per heavy atom. The number of rotatable bonds is 11. The molecule has 1 heterocycles. The molecule has 1 amide bonds. The van der Waals surface area contributed by atoms with Gasteiger partial charge in [-0.05, 0) is 31.7 Å². The molecule has 1 saturated heterocycles. The molecule has 0 aliphatic carbocycles. The van der Waals surface area contributed by atoms with E-state index in [9.17, 15) is 14.9 Å². The third-order valence-electron chi connectivity index (χ3n) is 3.85. The van der Waals surface area contributed by atoms with E-state index >= 15 is 0 Å². The van der Waals surface area contributed by atoms with Crippen LogP contribution in [-0.4, -0.2) is 35.0 Å². The lowest BCUT2D eigenvalue weighted by Crippen LogP contribution is -2.25. The van der Waals surface area contributed by atoms with Gasteiger partial charge in [-0.2, -0.15) is 0 Å². The predicted octanol–water partition coefficient (Wildman–Crippen LogP) is 4.19. The van der Waals surface area contributed by atoms with Crippen LogP contribution in [0.3, 0.4) is 0 Å². The van der Waals surface area contributed by atoms with Crippen LogP contribution < -0.4 is 10.1 Å². The monoisotopic (exact) mass is 384 g/mol. The minimum Gasteiger partial charge on any atom is -0.493 e. The molecular weight excluding hydrogens is 360 g/mol. The Morgan fingerprint density at radius 1 is 1.36 bits per heavy atom. The number of nitrogens with zero attached hydrogens (tertiary/aromatic N) is 1. The molecule has 1 aromatic rings. The van der Waals surface area contributed by atoms with E-state index < -0.39 is 4.92 Å². The number of ether oxygens (including phenoxy) is 1. The predicted molar refractivity (Wildman–Crippen MR) is 103 cm³/mol. The number of nitro groups is 1. The van der Waals surface area contributed by atoms with Crippen molar-refractivity contribution >= 4 is 33.2 Å². The summed E-state index contributed by atoms with van der Waals surface area (Å²) in [6.45, 7) is 0.973. The summed E-state index contributed by atoms with van der Waals surface area (Å²) in [5, 5.41) is 14.4. The fraction of sp³-hybridized carbons (Fsp3) is 0.588. The molecule has 8 heteroatoms. The molecule has 0 radical (unpaired) electrons. The van der Waals surface area contributed by atoms with E-state index in [4.69, 9.17) is 4.74 Å². The zero-order valence-electron chi connectivity index (χ0n) is 14.1. The summed E-state index contributed by atoms with van der Waals surface area (Å²) in [7, 11) is 3.94. The fourth-order valence-corrected chi connectivity index (χ4v) is 5.51. The number of hydrogen-bond donors (Lipinski definition) is 1. The molecule has 25 heavy (non-hydrogen) atoms. The Hall–Kier alpha value is -1.41. The van der Waals surface area contributed by atoms with E-state index in [1.54, 1.807) is 12.1 Å². The Labute approximate surface area is 156 Å². The largest absolute Gasteiger partial charge is 0.493 e. The molecule has 1 unspecified atom stereocenters. The van der Waals surface area contributed by atoms with Gasteiger partial charge in [0.1, 0.15) is 5.75 Å². The molecule has 2 rings (SSSR count).